The number of aliphatic imine (C=N–C) groups is 1. The van der Waals surface area contributed by atoms with Crippen LogP contribution in [0.5, 0.6) is 0 Å². The molecule has 2 aromatic rings. The first kappa shape index (κ1) is 13.0. The van der Waals surface area contributed by atoms with E-state index >= 15 is 0 Å². The van der Waals surface area contributed by atoms with E-state index in [-0.39, 0.29) is 6.61 Å². The number of nitrogens with zero attached hydrogens (tertiary/aromatic N) is 2. The van der Waals surface area contributed by atoms with Gasteiger partial charge in [0, 0.05) is 35.4 Å². The Hall–Kier alpha value is -1.72. The van der Waals surface area contributed by atoms with Crippen LogP contribution in [0.4, 0.5) is 0 Å². The molecule has 1 aromatic carbocycles. The molecule has 2 aliphatic rings. The maximum atomic E-state index is 9.36. The third-order valence-corrected chi connectivity index (χ3v) is 5.10. The summed E-state index contributed by atoms with van der Waals surface area (Å²) in [6.45, 7) is 3.99. The summed E-state index contributed by atoms with van der Waals surface area (Å²) in [6, 6.07) is 6.17. The van der Waals surface area contributed by atoms with Crippen LogP contribution in [0.15, 0.2) is 38.8 Å². The molecule has 21 heavy (non-hydrogen) atoms. The molecule has 4 nitrogen and oxygen atoms in total. The predicted octanol–water partition coefficient (Wildman–Crippen LogP) is 3.21. The fraction of sp³-hybridized carbons (Fsp3) is 0.312. The molecule has 5 heteroatoms. The van der Waals surface area contributed by atoms with Crippen molar-refractivity contribution in [2.24, 2.45) is 4.99 Å². The van der Waals surface area contributed by atoms with Gasteiger partial charge in [-0.15, -0.1) is 0 Å². The molecule has 0 fully saturated rings. The Labute approximate surface area is 127 Å². The first-order valence-corrected chi connectivity index (χ1v) is 7.92. The fourth-order valence-electron chi connectivity index (χ4n) is 3.04. The van der Waals surface area contributed by atoms with Crippen LogP contribution in [0, 0.1) is 6.92 Å². The highest BCUT2D eigenvalue weighted by atomic mass is 32.2. The minimum atomic E-state index is 0.160. The SMILES string of the molecule is Cc1coc2cccc(C3=C(CCO)SC4=NCCN43)c12. The largest absolute Gasteiger partial charge is 0.464 e. The molecule has 0 atom stereocenters. The first-order valence-electron chi connectivity index (χ1n) is 7.10. The number of rotatable bonds is 3. The highest BCUT2D eigenvalue weighted by Crippen LogP contribution is 2.45. The van der Waals surface area contributed by atoms with Gasteiger partial charge in [0.15, 0.2) is 5.17 Å². The second kappa shape index (κ2) is 4.93. The fourth-order valence-corrected chi connectivity index (χ4v) is 4.22. The van der Waals surface area contributed by atoms with Crippen molar-refractivity contribution in [3.8, 4) is 0 Å². The molecule has 0 unspecified atom stereocenters. The van der Waals surface area contributed by atoms with Gasteiger partial charge < -0.3 is 14.4 Å². The number of hydrogen-bond donors (Lipinski definition) is 1. The Morgan fingerprint density at radius 1 is 1.43 bits per heavy atom. The lowest BCUT2D eigenvalue weighted by Gasteiger charge is -2.18. The van der Waals surface area contributed by atoms with Crippen molar-refractivity contribution in [2.75, 3.05) is 19.7 Å². The van der Waals surface area contributed by atoms with Gasteiger partial charge in [-0.3, -0.25) is 4.99 Å². The molecule has 1 N–H and O–H groups in total. The van der Waals surface area contributed by atoms with Crippen molar-refractivity contribution in [3.05, 3.63) is 40.5 Å². The van der Waals surface area contributed by atoms with E-state index in [9.17, 15) is 5.11 Å². The van der Waals surface area contributed by atoms with Crippen molar-refractivity contribution in [1.82, 2.24) is 4.90 Å². The second-order valence-electron chi connectivity index (χ2n) is 5.26. The zero-order valence-corrected chi connectivity index (χ0v) is 12.6. The summed E-state index contributed by atoms with van der Waals surface area (Å²) in [5.41, 5.74) is 4.43. The summed E-state index contributed by atoms with van der Waals surface area (Å²) in [6.07, 6.45) is 2.48. The van der Waals surface area contributed by atoms with Crippen LogP contribution in [-0.4, -0.2) is 34.9 Å². The number of benzene rings is 1. The molecule has 0 spiro atoms. The van der Waals surface area contributed by atoms with E-state index in [1.54, 1.807) is 11.8 Å². The number of aliphatic hydroxyl groups excluding tert-OH is 1. The van der Waals surface area contributed by atoms with E-state index in [2.05, 4.69) is 22.9 Å². The molecule has 0 saturated heterocycles. The zero-order chi connectivity index (χ0) is 14.4. The molecular weight excluding hydrogens is 284 g/mol. The Bertz CT molecular complexity index is 776. The third-order valence-electron chi connectivity index (χ3n) is 3.93. The Morgan fingerprint density at radius 3 is 3.19 bits per heavy atom. The molecule has 3 heterocycles. The average Bonchev–Trinajstić information content (AvgIpc) is 3.14. The minimum Gasteiger partial charge on any atom is -0.464 e. The number of aryl methyl sites for hydroxylation is 1. The monoisotopic (exact) mass is 300 g/mol. The van der Waals surface area contributed by atoms with Gasteiger partial charge in [0.1, 0.15) is 5.58 Å². The highest BCUT2D eigenvalue weighted by molar-refractivity contribution is 8.17. The van der Waals surface area contributed by atoms with Crippen LogP contribution in [0.25, 0.3) is 16.7 Å². The molecule has 0 radical (unpaired) electrons. The van der Waals surface area contributed by atoms with Gasteiger partial charge >= 0.3 is 0 Å². The summed E-state index contributed by atoms with van der Waals surface area (Å²) in [4.78, 5) is 8.03. The van der Waals surface area contributed by atoms with E-state index in [0.717, 1.165) is 34.8 Å². The molecule has 1 aromatic heterocycles. The van der Waals surface area contributed by atoms with Gasteiger partial charge in [-0.05, 0) is 18.6 Å². The Kier molecular flexibility index (Phi) is 3.05. The lowest BCUT2D eigenvalue weighted by molar-refractivity contribution is 0.301. The van der Waals surface area contributed by atoms with E-state index in [1.165, 1.54) is 16.2 Å². The van der Waals surface area contributed by atoms with E-state index in [0.29, 0.717) is 6.42 Å². The Morgan fingerprint density at radius 2 is 2.33 bits per heavy atom. The van der Waals surface area contributed by atoms with Crippen LogP contribution in [0.3, 0.4) is 0 Å². The smallest absolute Gasteiger partial charge is 0.168 e. The zero-order valence-electron chi connectivity index (χ0n) is 11.8. The summed E-state index contributed by atoms with van der Waals surface area (Å²) < 4.78 is 5.63. The molecule has 0 aliphatic carbocycles. The van der Waals surface area contributed by atoms with Gasteiger partial charge in [-0.25, -0.2) is 0 Å². The standard InChI is InChI=1S/C16H16N2O2S/c1-10-9-20-12-4-2-3-11(14(10)12)15-13(5-8-19)21-16-17-6-7-18(15)16/h2-4,9,19H,5-8H2,1H3. The molecule has 0 saturated carbocycles. The van der Waals surface area contributed by atoms with Gasteiger partial charge in [0.05, 0.1) is 18.5 Å². The number of aliphatic hydroxyl groups is 1. The average molecular weight is 300 g/mol. The summed E-state index contributed by atoms with van der Waals surface area (Å²) in [5.74, 6) is 0. The van der Waals surface area contributed by atoms with Gasteiger partial charge in [-0.2, -0.15) is 0 Å². The third kappa shape index (κ3) is 1.92. The molecule has 0 amide bonds. The number of furan rings is 1. The maximum absolute atomic E-state index is 9.36. The van der Waals surface area contributed by atoms with Crippen LogP contribution in [0.1, 0.15) is 17.5 Å². The van der Waals surface area contributed by atoms with Crippen LogP contribution < -0.4 is 0 Å². The van der Waals surface area contributed by atoms with E-state index < -0.39 is 0 Å². The van der Waals surface area contributed by atoms with E-state index in [1.807, 2.05) is 18.4 Å². The normalized spacial score (nSPS) is 17.8. The summed E-state index contributed by atoms with van der Waals surface area (Å²) in [5, 5.41) is 11.6. The molecule has 2 aliphatic heterocycles. The van der Waals surface area contributed by atoms with Crippen molar-refractivity contribution < 1.29 is 9.52 Å². The molecule has 4 rings (SSSR count). The number of amidine groups is 1. The van der Waals surface area contributed by atoms with Crippen molar-refractivity contribution in [1.29, 1.82) is 0 Å². The number of hydrogen-bond acceptors (Lipinski definition) is 5. The van der Waals surface area contributed by atoms with Crippen LogP contribution in [0.2, 0.25) is 0 Å². The van der Waals surface area contributed by atoms with Crippen molar-refractivity contribution in [2.45, 2.75) is 13.3 Å². The second-order valence-corrected chi connectivity index (χ2v) is 6.32. The van der Waals surface area contributed by atoms with Gasteiger partial charge in [0.2, 0.25) is 0 Å². The quantitative estimate of drug-likeness (QED) is 0.945. The number of fused-ring (bicyclic) bond motifs is 2. The molecule has 108 valence electrons. The topological polar surface area (TPSA) is 49.0 Å². The number of thioether (sulfide) groups is 1. The lowest BCUT2D eigenvalue weighted by Crippen LogP contribution is -2.20. The maximum Gasteiger partial charge on any atom is 0.168 e. The van der Waals surface area contributed by atoms with Crippen LogP contribution in [-0.2, 0) is 0 Å². The van der Waals surface area contributed by atoms with Crippen LogP contribution >= 0.6 is 11.8 Å². The minimum absolute atomic E-state index is 0.160. The summed E-state index contributed by atoms with van der Waals surface area (Å²) >= 11 is 1.69. The molecule has 0 bridgehead atoms. The van der Waals surface area contributed by atoms with Crippen molar-refractivity contribution in [3.63, 3.8) is 0 Å². The lowest BCUT2D eigenvalue weighted by atomic mass is 10.0. The van der Waals surface area contributed by atoms with Crippen molar-refractivity contribution >= 4 is 33.6 Å². The van der Waals surface area contributed by atoms with E-state index in [4.69, 9.17) is 4.42 Å². The van der Waals surface area contributed by atoms with Gasteiger partial charge in [0.25, 0.3) is 0 Å². The Balaban J connectivity index is 1.94. The molecular formula is C16H16N2O2S. The summed E-state index contributed by atoms with van der Waals surface area (Å²) in [7, 11) is 0. The predicted molar refractivity (Wildman–Crippen MR) is 86.2 cm³/mol. The first-order chi connectivity index (χ1) is 10.3. The highest BCUT2D eigenvalue weighted by Gasteiger charge is 2.33. The van der Waals surface area contributed by atoms with Gasteiger partial charge in [-0.1, -0.05) is 23.9 Å².